The first-order valence-corrected chi connectivity index (χ1v) is 12.5. The largest absolute Gasteiger partial charge is 0.378 e. The van der Waals surface area contributed by atoms with Gasteiger partial charge < -0.3 is 29.2 Å². The molecular weight excluding hydrogens is 446 g/mol. The van der Waals surface area contributed by atoms with E-state index in [0.717, 1.165) is 92.3 Å². The van der Waals surface area contributed by atoms with Crippen molar-refractivity contribution in [1.29, 1.82) is 0 Å². The Morgan fingerprint density at radius 2 is 2.09 bits per heavy atom. The van der Waals surface area contributed by atoms with Gasteiger partial charge in [-0.3, -0.25) is 10.4 Å². The zero-order valence-electron chi connectivity index (χ0n) is 20.6. The highest BCUT2D eigenvalue weighted by Gasteiger charge is 2.35. The summed E-state index contributed by atoms with van der Waals surface area (Å²) in [6, 6.07) is 2.30. The first-order chi connectivity index (χ1) is 17.1. The number of hydrazone groups is 1. The molecule has 35 heavy (non-hydrogen) atoms. The van der Waals surface area contributed by atoms with Crippen LogP contribution in [0.1, 0.15) is 39.4 Å². The smallest absolute Gasteiger partial charge is 0.178 e. The molecule has 11 nitrogen and oxygen atoms in total. The van der Waals surface area contributed by atoms with E-state index in [-0.39, 0.29) is 18.3 Å². The van der Waals surface area contributed by atoms with Crippen molar-refractivity contribution in [2.75, 3.05) is 37.8 Å². The summed E-state index contributed by atoms with van der Waals surface area (Å²) in [7, 11) is 0. The van der Waals surface area contributed by atoms with Crippen LogP contribution in [-0.2, 0) is 16.0 Å². The predicted octanol–water partition coefficient (Wildman–Crippen LogP) is 1.72. The van der Waals surface area contributed by atoms with Crippen LogP contribution < -0.4 is 15.6 Å². The molecule has 2 unspecified atom stereocenters. The predicted molar refractivity (Wildman–Crippen MR) is 135 cm³/mol. The lowest BCUT2D eigenvalue weighted by atomic mass is 10.2. The topological polar surface area (TPSA) is 104 Å². The molecule has 2 atom stereocenters. The van der Waals surface area contributed by atoms with E-state index in [0.29, 0.717) is 0 Å². The van der Waals surface area contributed by atoms with Crippen LogP contribution in [0.5, 0.6) is 0 Å². The molecule has 0 radical (unpaired) electrons. The second-order valence-electron chi connectivity index (χ2n) is 9.69. The van der Waals surface area contributed by atoms with E-state index >= 15 is 0 Å². The number of morpholine rings is 1. The van der Waals surface area contributed by atoms with Crippen molar-refractivity contribution in [3.05, 3.63) is 24.3 Å². The third kappa shape index (κ3) is 4.23. The summed E-state index contributed by atoms with van der Waals surface area (Å²) in [6.07, 6.45) is 6.14. The number of imidazole rings is 1. The van der Waals surface area contributed by atoms with Crippen LogP contribution in [0, 0.1) is 0 Å². The lowest BCUT2D eigenvalue weighted by Crippen LogP contribution is -2.52. The van der Waals surface area contributed by atoms with Crippen LogP contribution in [0.3, 0.4) is 0 Å². The monoisotopic (exact) mass is 479 g/mol. The molecule has 6 rings (SSSR count). The first kappa shape index (κ1) is 22.3. The summed E-state index contributed by atoms with van der Waals surface area (Å²) >= 11 is 0. The molecule has 6 heterocycles. The maximum absolute atomic E-state index is 6.03. The molecule has 0 amide bonds. The molecule has 0 bridgehead atoms. The molecule has 0 aromatic carbocycles. The maximum atomic E-state index is 6.03. The highest BCUT2D eigenvalue weighted by molar-refractivity contribution is 6.01. The lowest BCUT2D eigenvalue weighted by Gasteiger charge is -2.31. The van der Waals surface area contributed by atoms with Crippen molar-refractivity contribution < 1.29 is 9.47 Å². The normalized spacial score (nSPS) is 25.7. The zero-order valence-corrected chi connectivity index (χ0v) is 20.6. The molecule has 0 spiro atoms. The van der Waals surface area contributed by atoms with Gasteiger partial charge in [-0.15, -0.1) is 0 Å². The van der Waals surface area contributed by atoms with Gasteiger partial charge in [-0.25, -0.2) is 9.97 Å². The highest BCUT2D eigenvalue weighted by Crippen LogP contribution is 2.29. The van der Waals surface area contributed by atoms with Crippen molar-refractivity contribution in [1.82, 2.24) is 30.2 Å². The SMILES string of the molecule is CC1=NNC2C(=NC(C)C)NC(c3nc4cnc(N5CCOCC5)cc4n3CC3CCCO3)=CN12. The Balaban J connectivity index is 1.44. The minimum absolute atomic E-state index is 0.133. The van der Waals surface area contributed by atoms with Crippen molar-refractivity contribution >= 4 is 34.2 Å². The summed E-state index contributed by atoms with van der Waals surface area (Å²) in [6.45, 7) is 10.8. The van der Waals surface area contributed by atoms with Gasteiger partial charge in [0.05, 0.1) is 43.3 Å². The number of fused-ring (bicyclic) bond motifs is 2. The third-order valence-electron chi connectivity index (χ3n) is 6.79. The number of aromatic nitrogens is 3. The summed E-state index contributed by atoms with van der Waals surface area (Å²) in [4.78, 5) is 19.0. The van der Waals surface area contributed by atoms with Gasteiger partial charge in [-0.2, -0.15) is 5.10 Å². The van der Waals surface area contributed by atoms with E-state index in [2.05, 4.69) is 56.3 Å². The zero-order chi connectivity index (χ0) is 23.9. The molecule has 2 aromatic rings. The Morgan fingerprint density at radius 3 is 2.86 bits per heavy atom. The number of nitrogens with zero attached hydrogens (tertiary/aromatic N) is 7. The van der Waals surface area contributed by atoms with Gasteiger partial charge in [-0.05, 0) is 33.6 Å². The molecule has 4 aliphatic rings. The van der Waals surface area contributed by atoms with Crippen LogP contribution in [0.2, 0.25) is 0 Å². The summed E-state index contributed by atoms with van der Waals surface area (Å²) in [5.74, 6) is 3.54. The Labute approximate surface area is 204 Å². The van der Waals surface area contributed by atoms with E-state index in [9.17, 15) is 0 Å². The Bertz CT molecular complexity index is 1190. The molecule has 2 aromatic heterocycles. The van der Waals surface area contributed by atoms with Gasteiger partial charge >= 0.3 is 0 Å². The Kier molecular flexibility index (Phi) is 5.81. The number of ether oxygens (including phenoxy) is 2. The second kappa shape index (κ2) is 9.12. The van der Waals surface area contributed by atoms with E-state index in [4.69, 9.17) is 24.4 Å². The minimum Gasteiger partial charge on any atom is -0.378 e. The number of nitrogens with one attached hydrogen (secondary N) is 2. The molecule has 0 saturated carbocycles. The number of anilines is 1. The molecule has 11 heteroatoms. The molecular formula is C24H33N9O2. The average Bonchev–Trinajstić information content (AvgIpc) is 3.59. The third-order valence-corrected chi connectivity index (χ3v) is 6.79. The van der Waals surface area contributed by atoms with Gasteiger partial charge in [0.2, 0.25) is 0 Å². The van der Waals surface area contributed by atoms with Crippen LogP contribution in [0.15, 0.2) is 28.6 Å². The van der Waals surface area contributed by atoms with E-state index in [1.165, 1.54) is 0 Å². The number of rotatable bonds is 5. The lowest BCUT2D eigenvalue weighted by molar-refractivity contribution is 0.0977. The van der Waals surface area contributed by atoms with Crippen molar-refractivity contribution in [3.8, 4) is 0 Å². The number of hydrogen-bond donors (Lipinski definition) is 2. The van der Waals surface area contributed by atoms with Crippen molar-refractivity contribution in [2.24, 2.45) is 10.1 Å². The van der Waals surface area contributed by atoms with Gasteiger partial charge in [0, 0.05) is 38.0 Å². The standard InChI is InChI=1S/C24H33N9O2/c1-15(2)26-22-24-30-29-16(3)32(24)14-19(27-22)23-28-18-12-25-21(31-6-9-34-10-7-31)11-20(18)33(23)13-17-5-4-8-35-17/h11-12,14-15,17,24,30H,4-10,13H2,1-3H3,(H,26,27). The van der Waals surface area contributed by atoms with Gasteiger partial charge in [0.15, 0.2) is 12.0 Å². The quantitative estimate of drug-likeness (QED) is 0.668. The summed E-state index contributed by atoms with van der Waals surface area (Å²) < 4.78 is 13.8. The fourth-order valence-corrected chi connectivity index (χ4v) is 5.06. The number of hydrogen-bond acceptors (Lipinski definition) is 9. The van der Waals surface area contributed by atoms with Gasteiger partial charge in [0.1, 0.15) is 23.0 Å². The molecule has 186 valence electrons. The van der Waals surface area contributed by atoms with Crippen molar-refractivity contribution in [2.45, 2.75) is 58.5 Å². The van der Waals surface area contributed by atoms with E-state index in [1.54, 1.807) is 0 Å². The van der Waals surface area contributed by atoms with Crippen LogP contribution in [0.25, 0.3) is 16.7 Å². The molecule has 2 fully saturated rings. The highest BCUT2D eigenvalue weighted by atomic mass is 16.5. The minimum atomic E-state index is -0.133. The first-order valence-electron chi connectivity index (χ1n) is 12.5. The van der Waals surface area contributed by atoms with Crippen LogP contribution in [-0.4, -0.2) is 82.3 Å². The molecule has 2 N–H and O–H groups in total. The van der Waals surface area contributed by atoms with Crippen molar-refractivity contribution in [3.63, 3.8) is 0 Å². The number of amidine groups is 2. The van der Waals surface area contributed by atoms with E-state index < -0.39 is 0 Å². The molecule has 2 saturated heterocycles. The van der Waals surface area contributed by atoms with E-state index in [1.807, 2.05) is 13.1 Å². The summed E-state index contributed by atoms with van der Waals surface area (Å²) in [5, 5.41) is 7.99. The molecule has 4 aliphatic heterocycles. The number of pyridine rings is 1. The Hall–Kier alpha value is -3.18. The van der Waals surface area contributed by atoms with Crippen LogP contribution >= 0.6 is 0 Å². The molecule has 0 aliphatic carbocycles. The number of aliphatic imine (C=N–C) groups is 1. The average molecular weight is 480 g/mol. The fraction of sp³-hybridized carbons (Fsp3) is 0.583. The second-order valence-corrected chi connectivity index (χ2v) is 9.69. The Morgan fingerprint density at radius 1 is 1.23 bits per heavy atom. The van der Waals surface area contributed by atoms with Crippen LogP contribution in [0.4, 0.5) is 5.82 Å². The maximum Gasteiger partial charge on any atom is 0.178 e. The summed E-state index contributed by atoms with van der Waals surface area (Å²) in [5.41, 5.74) is 6.00. The fourth-order valence-electron chi connectivity index (χ4n) is 5.06. The van der Waals surface area contributed by atoms with Gasteiger partial charge in [-0.1, -0.05) is 0 Å². The van der Waals surface area contributed by atoms with Gasteiger partial charge in [0.25, 0.3) is 0 Å².